The van der Waals surface area contributed by atoms with Gasteiger partial charge < -0.3 is 25.1 Å². The Balaban J connectivity index is 1.79. The van der Waals surface area contributed by atoms with Gasteiger partial charge in [-0.25, -0.2) is 9.59 Å². The summed E-state index contributed by atoms with van der Waals surface area (Å²) in [5.74, 6) is -0.352. The maximum absolute atomic E-state index is 12.8. The third-order valence-electron chi connectivity index (χ3n) is 5.26. The van der Waals surface area contributed by atoms with Gasteiger partial charge in [-0.05, 0) is 58.0 Å². The summed E-state index contributed by atoms with van der Waals surface area (Å²) in [5.41, 5.74) is 4.50. The first kappa shape index (κ1) is 24.1. The van der Waals surface area contributed by atoms with Crippen molar-refractivity contribution < 1.29 is 23.5 Å². The number of ether oxygens (including phenoxy) is 1. The highest BCUT2D eigenvalue weighted by Crippen LogP contribution is 2.28. The summed E-state index contributed by atoms with van der Waals surface area (Å²) in [7, 11) is 1.74. The topological polar surface area (TPSA) is 113 Å². The number of benzene rings is 1. The number of esters is 1. The highest BCUT2D eigenvalue weighted by atomic mass is 16.5. The van der Waals surface area contributed by atoms with Crippen LogP contribution in [-0.4, -0.2) is 49.6 Å². The fourth-order valence-corrected chi connectivity index (χ4v) is 3.99. The Hall–Kier alpha value is -3.59. The number of carbonyl (C=O) groups excluding carboxylic acids is 3. The Labute approximate surface area is 193 Å². The molecule has 2 heterocycles. The quantitative estimate of drug-likeness (QED) is 0.529. The van der Waals surface area contributed by atoms with Crippen LogP contribution in [0.15, 0.2) is 46.2 Å². The van der Waals surface area contributed by atoms with Crippen molar-refractivity contribution in [3.05, 3.63) is 64.2 Å². The molecule has 3 rings (SSSR count). The molecule has 1 aliphatic heterocycles. The van der Waals surface area contributed by atoms with Crippen molar-refractivity contribution in [1.29, 1.82) is 0 Å². The fraction of sp³-hybridized carbons (Fsp3) is 0.375. The molecule has 0 spiro atoms. The molecule has 1 aromatic carbocycles. The summed E-state index contributed by atoms with van der Waals surface area (Å²) in [4.78, 5) is 39.5. The van der Waals surface area contributed by atoms with Crippen LogP contribution in [-0.2, 0) is 14.3 Å². The van der Waals surface area contributed by atoms with Crippen LogP contribution >= 0.6 is 0 Å². The van der Waals surface area contributed by atoms with Crippen molar-refractivity contribution in [2.24, 2.45) is 0 Å². The average Bonchev–Trinajstić information content (AvgIpc) is 3.25. The molecular formula is C24H30N4O5. The van der Waals surface area contributed by atoms with E-state index in [-0.39, 0.29) is 31.2 Å². The lowest BCUT2D eigenvalue weighted by Crippen LogP contribution is -2.48. The van der Waals surface area contributed by atoms with Crippen LogP contribution in [0, 0.1) is 20.8 Å². The summed E-state index contributed by atoms with van der Waals surface area (Å²) in [6.07, 6.45) is 1.47. The zero-order valence-electron chi connectivity index (χ0n) is 19.6. The van der Waals surface area contributed by atoms with Crippen LogP contribution in [0.2, 0.25) is 0 Å². The molecule has 0 radical (unpaired) electrons. The Morgan fingerprint density at radius 2 is 1.91 bits per heavy atom. The SMILES string of the molecule is CCOC(=O)C1=C(CN(C)CC(=O)Nc2c(C)cc(C)cc2C)NC(=O)NC1c1ccco1. The number of furan rings is 1. The molecule has 1 atom stereocenters. The Bertz CT molecular complexity index is 1050. The molecule has 1 aromatic heterocycles. The lowest BCUT2D eigenvalue weighted by atomic mass is 10.00. The van der Waals surface area contributed by atoms with Crippen molar-refractivity contribution in [2.45, 2.75) is 33.7 Å². The van der Waals surface area contributed by atoms with Crippen molar-refractivity contribution in [1.82, 2.24) is 15.5 Å². The fourth-order valence-electron chi connectivity index (χ4n) is 3.99. The number of carbonyl (C=O) groups is 3. The van der Waals surface area contributed by atoms with Gasteiger partial charge in [0.05, 0.1) is 25.0 Å². The lowest BCUT2D eigenvalue weighted by Gasteiger charge is -2.29. The number of anilines is 1. The predicted molar refractivity (Wildman–Crippen MR) is 124 cm³/mol. The summed E-state index contributed by atoms with van der Waals surface area (Å²) in [6, 6.07) is 6.13. The van der Waals surface area contributed by atoms with Crippen molar-refractivity contribution >= 4 is 23.6 Å². The molecule has 0 bridgehead atoms. The number of aryl methyl sites for hydroxylation is 3. The molecule has 9 heteroatoms. The second-order valence-electron chi connectivity index (χ2n) is 8.15. The van der Waals surface area contributed by atoms with E-state index in [0.717, 1.165) is 22.4 Å². The number of hydrogen-bond donors (Lipinski definition) is 3. The van der Waals surface area contributed by atoms with Gasteiger partial charge in [0.15, 0.2) is 0 Å². The van der Waals surface area contributed by atoms with Gasteiger partial charge in [0, 0.05) is 17.9 Å². The number of hydrogen-bond acceptors (Lipinski definition) is 6. The third-order valence-corrected chi connectivity index (χ3v) is 5.26. The Morgan fingerprint density at radius 1 is 1.21 bits per heavy atom. The standard InChI is InChI=1S/C24H30N4O5/c1-6-32-23(30)20-17(25-24(31)27-22(20)18-8-7-9-33-18)12-28(5)13-19(29)26-21-15(3)10-14(2)11-16(21)4/h7-11,22H,6,12-13H2,1-5H3,(H,26,29)(H2,25,27,31). The molecule has 0 fully saturated rings. The van der Waals surface area contributed by atoms with Gasteiger partial charge in [-0.1, -0.05) is 17.7 Å². The molecule has 3 amide bonds. The number of nitrogens with one attached hydrogen (secondary N) is 3. The van der Waals surface area contributed by atoms with Gasteiger partial charge in [0.1, 0.15) is 11.8 Å². The van der Waals surface area contributed by atoms with Crippen LogP contribution in [0.5, 0.6) is 0 Å². The zero-order valence-corrected chi connectivity index (χ0v) is 19.6. The zero-order chi connectivity index (χ0) is 24.1. The van der Waals surface area contributed by atoms with Gasteiger partial charge in [0.25, 0.3) is 0 Å². The van der Waals surface area contributed by atoms with E-state index in [1.54, 1.807) is 31.0 Å². The van der Waals surface area contributed by atoms with Gasteiger partial charge in [-0.15, -0.1) is 0 Å². The second-order valence-corrected chi connectivity index (χ2v) is 8.15. The molecule has 3 N–H and O–H groups in total. The van der Waals surface area contributed by atoms with Gasteiger partial charge in [-0.3, -0.25) is 9.69 Å². The lowest BCUT2D eigenvalue weighted by molar-refractivity contribution is -0.139. The predicted octanol–water partition coefficient (Wildman–Crippen LogP) is 2.95. The highest BCUT2D eigenvalue weighted by Gasteiger charge is 2.35. The van der Waals surface area contributed by atoms with Gasteiger partial charge in [-0.2, -0.15) is 0 Å². The van der Waals surface area contributed by atoms with Crippen molar-refractivity contribution in [3.63, 3.8) is 0 Å². The van der Waals surface area contributed by atoms with E-state index in [1.165, 1.54) is 6.26 Å². The van der Waals surface area contributed by atoms with E-state index < -0.39 is 18.0 Å². The first-order chi connectivity index (χ1) is 15.7. The number of nitrogens with zero attached hydrogens (tertiary/aromatic N) is 1. The monoisotopic (exact) mass is 454 g/mol. The average molecular weight is 455 g/mol. The molecule has 0 aliphatic carbocycles. The summed E-state index contributed by atoms with van der Waals surface area (Å²) < 4.78 is 10.7. The molecule has 33 heavy (non-hydrogen) atoms. The molecule has 0 saturated carbocycles. The van der Waals surface area contributed by atoms with Crippen LogP contribution < -0.4 is 16.0 Å². The summed E-state index contributed by atoms with van der Waals surface area (Å²) in [5, 5.41) is 8.36. The molecule has 2 aromatic rings. The van der Waals surface area contributed by atoms with Crippen LogP contribution in [0.25, 0.3) is 0 Å². The minimum absolute atomic E-state index is 0.0566. The number of urea groups is 1. The second kappa shape index (κ2) is 10.4. The van der Waals surface area contributed by atoms with Gasteiger partial charge >= 0.3 is 12.0 Å². The van der Waals surface area contributed by atoms with E-state index >= 15 is 0 Å². The molecular weight excluding hydrogens is 424 g/mol. The number of amides is 3. The Morgan fingerprint density at radius 3 is 2.52 bits per heavy atom. The van der Waals surface area contributed by atoms with E-state index in [9.17, 15) is 14.4 Å². The maximum Gasteiger partial charge on any atom is 0.338 e. The van der Waals surface area contributed by atoms with E-state index in [0.29, 0.717) is 11.5 Å². The first-order valence-electron chi connectivity index (χ1n) is 10.8. The van der Waals surface area contributed by atoms with E-state index in [4.69, 9.17) is 9.15 Å². The van der Waals surface area contributed by atoms with Crippen molar-refractivity contribution in [3.8, 4) is 0 Å². The normalized spacial score (nSPS) is 15.8. The number of likely N-dealkylation sites (N-methyl/N-ethyl adjacent to an activating group) is 1. The summed E-state index contributed by atoms with van der Waals surface area (Å²) >= 11 is 0. The van der Waals surface area contributed by atoms with E-state index in [1.807, 2.05) is 32.9 Å². The molecule has 1 unspecified atom stereocenters. The summed E-state index contributed by atoms with van der Waals surface area (Å²) in [6.45, 7) is 8.02. The van der Waals surface area contributed by atoms with Crippen LogP contribution in [0.3, 0.4) is 0 Å². The molecule has 1 aliphatic rings. The minimum Gasteiger partial charge on any atom is -0.467 e. The maximum atomic E-state index is 12.8. The molecule has 176 valence electrons. The van der Waals surface area contributed by atoms with Crippen LogP contribution in [0.1, 0.15) is 35.4 Å². The van der Waals surface area contributed by atoms with Crippen LogP contribution in [0.4, 0.5) is 10.5 Å². The third kappa shape index (κ3) is 5.81. The van der Waals surface area contributed by atoms with Crippen molar-refractivity contribution in [2.75, 3.05) is 32.1 Å². The minimum atomic E-state index is -0.789. The number of rotatable bonds is 8. The molecule has 0 saturated heterocycles. The Kier molecular flexibility index (Phi) is 7.55. The smallest absolute Gasteiger partial charge is 0.338 e. The first-order valence-corrected chi connectivity index (χ1v) is 10.8. The largest absolute Gasteiger partial charge is 0.467 e. The highest BCUT2D eigenvalue weighted by molar-refractivity contribution is 5.95. The van der Waals surface area contributed by atoms with Gasteiger partial charge in [0.2, 0.25) is 5.91 Å². The van der Waals surface area contributed by atoms with E-state index in [2.05, 4.69) is 16.0 Å². The molecule has 9 nitrogen and oxygen atoms in total.